The summed E-state index contributed by atoms with van der Waals surface area (Å²) in [5.41, 5.74) is 0.622. The van der Waals surface area contributed by atoms with Gasteiger partial charge in [-0.3, -0.25) is 10.1 Å². The van der Waals surface area contributed by atoms with Gasteiger partial charge < -0.3 is 10.2 Å². The number of nitro groups is 1. The monoisotopic (exact) mass is 283 g/mol. The van der Waals surface area contributed by atoms with Crippen LogP contribution in [0.4, 0.5) is 11.5 Å². The second-order valence-corrected chi connectivity index (χ2v) is 5.04. The molecule has 1 aromatic heterocycles. The number of hydrogen-bond acceptors (Lipinski definition) is 5. The van der Waals surface area contributed by atoms with E-state index in [1.165, 1.54) is 0 Å². The summed E-state index contributed by atoms with van der Waals surface area (Å²) in [5, 5.41) is 18.5. The van der Waals surface area contributed by atoms with Gasteiger partial charge in [-0.1, -0.05) is 13.8 Å². The molecule has 1 N–H and O–H groups in total. The maximum Gasteiger partial charge on any atom is 0.333 e. The molecule has 0 aliphatic rings. The number of anilines is 1. The van der Waals surface area contributed by atoms with Crippen LogP contribution in [0, 0.1) is 10.1 Å². The molecular formula is C13H25N5O2. The van der Waals surface area contributed by atoms with Crippen LogP contribution < -0.4 is 5.32 Å². The summed E-state index contributed by atoms with van der Waals surface area (Å²) >= 11 is 0. The molecule has 0 aliphatic heterocycles. The Morgan fingerprint density at radius 3 is 2.65 bits per heavy atom. The molecule has 114 valence electrons. The van der Waals surface area contributed by atoms with Crippen LogP contribution in [0.2, 0.25) is 0 Å². The van der Waals surface area contributed by atoms with Crippen LogP contribution in [0.25, 0.3) is 0 Å². The molecule has 0 bridgehead atoms. The predicted octanol–water partition coefficient (Wildman–Crippen LogP) is 2.03. The molecule has 0 saturated carbocycles. The van der Waals surface area contributed by atoms with E-state index in [-0.39, 0.29) is 10.6 Å². The lowest BCUT2D eigenvalue weighted by molar-refractivity contribution is -0.384. The number of aromatic nitrogens is 2. The first-order chi connectivity index (χ1) is 9.42. The minimum absolute atomic E-state index is 0.0983. The molecule has 0 saturated heterocycles. The van der Waals surface area contributed by atoms with Crippen LogP contribution in [0.5, 0.6) is 0 Å². The average molecular weight is 283 g/mol. The average Bonchev–Trinajstić information content (AvgIpc) is 2.74. The minimum atomic E-state index is -0.355. The highest BCUT2D eigenvalue weighted by Crippen LogP contribution is 2.28. The fourth-order valence-corrected chi connectivity index (χ4v) is 2.08. The van der Waals surface area contributed by atoms with Crippen molar-refractivity contribution in [2.24, 2.45) is 7.05 Å². The fourth-order valence-electron chi connectivity index (χ4n) is 2.08. The molecule has 7 heteroatoms. The number of nitrogens with zero attached hydrogens (tertiary/aromatic N) is 4. The lowest BCUT2D eigenvalue weighted by Gasteiger charge is -2.23. The van der Waals surface area contributed by atoms with Crippen molar-refractivity contribution in [3.8, 4) is 0 Å². The van der Waals surface area contributed by atoms with Crippen LogP contribution in [-0.2, 0) is 13.5 Å². The van der Waals surface area contributed by atoms with Gasteiger partial charge >= 0.3 is 5.69 Å². The Labute approximate surface area is 120 Å². The van der Waals surface area contributed by atoms with Crippen molar-refractivity contribution in [1.29, 1.82) is 0 Å². The van der Waals surface area contributed by atoms with E-state index >= 15 is 0 Å². The number of rotatable bonds is 8. The quantitative estimate of drug-likeness (QED) is 0.583. The van der Waals surface area contributed by atoms with E-state index in [4.69, 9.17) is 0 Å². The fraction of sp³-hybridized carbons (Fsp3) is 0.769. The van der Waals surface area contributed by atoms with E-state index in [1.807, 2.05) is 6.92 Å². The molecule has 0 radical (unpaired) electrons. The molecule has 20 heavy (non-hydrogen) atoms. The number of hydrogen-bond donors (Lipinski definition) is 1. The molecule has 0 aromatic carbocycles. The standard InChI is InChI=1S/C13H25N5O2/c1-6-10(3)16(4)9-8-14-13-12(18(19)20)11(7-2)15-17(13)5/h10,14H,6-9H2,1-5H3. The normalized spacial score (nSPS) is 12.7. The zero-order valence-corrected chi connectivity index (χ0v) is 13.0. The minimum Gasteiger partial charge on any atom is -0.363 e. The zero-order valence-electron chi connectivity index (χ0n) is 13.0. The number of aryl methyl sites for hydroxylation is 2. The second-order valence-electron chi connectivity index (χ2n) is 5.04. The molecule has 1 atom stereocenters. The highest BCUT2D eigenvalue weighted by Gasteiger charge is 2.25. The molecule has 7 nitrogen and oxygen atoms in total. The molecule has 1 rings (SSSR count). The van der Waals surface area contributed by atoms with Gasteiger partial charge in [-0.15, -0.1) is 0 Å². The van der Waals surface area contributed by atoms with Crippen molar-refractivity contribution in [3.63, 3.8) is 0 Å². The van der Waals surface area contributed by atoms with E-state index in [0.717, 1.165) is 13.0 Å². The third kappa shape index (κ3) is 3.69. The van der Waals surface area contributed by atoms with Crippen molar-refractivity contribution in [2.45, 2.75) is 39.7 Å². The van der Waals surface area contributed by atoms with E-state index in [1.54, 1.807) is 11.7 Å². The SMILES string of the molecule is CCc1nn(C)c(NCCN(C)C(C)CC)c1[N+](=O)[O-]. The summed E-state index contributed by atoms with van der Waals surface area (Å²) in [7, 11) is 3.79. The van der Waals surface area contributed by atoms with Gasteiger partial charge in [-0.2, -0.15) is 5.10 Å². The van der Waals surface area contributed by atoms with E-state index < -0.39 is 0 Å². The highest BCUT2D eigenvalue weighted by atomic mass is 16.6. The predicted molar refractivity (Wildman–Crippen MR) is 80.1 cm³/mol. The van der Waals surface area contributed by atoms with Crippen molar-refractivity contribution in [3.05, 3.63) is 15.8 Å². The van der Waals surface area contributed by atoms with E-state index in [9.17, 15) is 10.1 Å². The Morgan fingerprint density at radius 2 is 2.15 bits per heavy atom. The lowest BCUT2D eigenvalue weighted by Crippen LogP contribution is -2.33. The van der Waals surface area contributed by atoms with Crippen LogP contribution in [-0.4, -0.2) is 45.8 Å². The molecule has 0 spiro atoms. The molecule has 0 fully saturated rings. The number of likely N-dealkylation sites (N-methyl/N-ethyl adjacent to an activating group) is 1. The largest absolute Gasteiger partial charge is 0.363 e. The summed E-state index contributed by atoms with van der Waals surface area (Å²) < 4.78 is 1.56. The Hall–Kier alpha value is -1.63. The molecular weight excluding hydrogens is 258 g/mol. The smallest absolute Gasteiger partial charge is 0.333 e. The van der Waals surface area contributed by atoms with Gasteiger partial charge in [-0.25, -0.2) is 4.68 Å². The van der Waals surface area contributed by atoms with Crippen molar-refractivity contribution < 1.29 is 4.92 Å². The van der Waals surface area contributed by atoms with Crippen molar-refractivity contribution in [2.75, 3.05) is 25.5 Å². The first-order valence-corrected chi connectivity index (χ1v) is 7.06. The van der Waals surface area contributed by atoms with Gasteiger partial charge in [0.25, 0.3) is 0 Å². The topological polar surface area (TPSA) is 76.2 Å². The molecule has 1 heterocycles. The summed E-state index contributed by atoms with van der Waals surface area (Å²) in [6.07, 6.45) is 1.64. The van der Waals surface area contributed by atoms with Crippen LogP contribution >= 0.6 is 0 Å². The van der Waals surface area contributed by atoms with Gasteiger partial charge in [0.05, 0.1) is 4.92 Å². The maximum atomic E-state index is 11.2. The van der Waals surface area contributed by atoms with E-state index in [2.05, 4.69) is 36.2 Å². The van der Waals surface area contributed by atoms with E-state index in [0.29, 0.717) is 30.5 Å². The van der Waals surface area contributed by atoms with Crippen LogP contribution in [0.1, 0.15) is 32.9 Å². The molecule has 1 aromatic rings. The maximum absolute atomic E-state index is 11.2. The Bertz CT molecular complexity index is 458. The zero-order chi connectivity index (χ0) is 15.3. The number of nitrogens with one attached hydrogen (secondary N) is 1. The molecule has 1 unspecified atom stereocenters. The Balaban J connectivity index is 2.73. The third-order valence-corrected chi connectivity index (χ3v) is 3.71. The molecule has 0 amide bonds. The Kier molecular flexibility index (Phi) is 5.94. The lowest BCUT2D eigenvalue weighted by atomic mass is 10.2. The van der Waals surface area contributed by atoms with Gasteiger partial charge in [0.15, 0.2) is 0 Å². The second kappa shape index (κ2) is 7.23. The van der Waals surface area contributed by atoms with Crippen molar-refractivity contribution >= 4 is 11.5 Å². The first-order valence-electron chi connectivity index (χ1n) is 7.06. The van der Waals surface area contributed by atoms with Crippen LogP contribution in [0.3, 0.4) is 0 Å². The summed E-state index contributed by atoms with van der Waals surface area (Å²) in [4.78, 5) is 13.0. The summed E-state index contributed by atoms with van der Waals surface area (Å²) in [6, 6.07) is 0.504. The summed E-state index contributed by atoms with van der Waals surface area (Å²) in [5.74, 6) is 0.490. The van der Waals surface area contributed by atoms with Gasteiger partial charge in [-0.05, 0) is 26.8 Å². The first kappa shape index (κ1) is 16.4. The third-order valence-electron chi connectivity index (χ3n) is 3.71. The van der Waals surface area contributed by atoms with Gasteiger partial charge in [0.2, 0.25) is 5.82 Å². The van der Waals surface area contributed by atoms with Crippen molar-refractivity contribution in [1.82, 2.24) is 14.7 Å². The van der Waals surface area contributed by atoms with Gasteiger partial charge in [0.1, 0.15) is 5.69 Å². The highest BCUT2D eigenvalue weighted by molar-refractivity contribution is 5.59. The molecule has 0 aliphatic carbocycles. The summed E-state index contributed by atoms with van der Waals surface area (Å²) in [6.45, 7) is 7.68. The van der Waals surface area contributed by atoms with Gasteiger partial charge in [0, 0.05) is 26.2 Å². The van der Waals surface area contributed by atoms with Crippen LogP contribution in [0.15, 0.2) is 0 Å². The Morgan fingerprint density at radius 1 is 1.50 bits per heavy atom.